The van der Waals surface area contributed by atoms with Crippen LogP contribution in [-0.4, -0.2) is 20.9 Å². The van der Waals surface area contributed by atoms with Crippen LogP contribution in [0.4, 0.5) is 0 Å². The lowest BCUT2D eigenvalue weighted by atomic mass is 10.0. The predicted molar refractivity (Wildman–Crippen MR) is 88.3 cm³/mol. The number of hydrogen-bond acceptors (Lipinski definition) is 4. The second-order valence-corrected chi connectivity index (χ2v) is 7.62. The fraction of sp³-hybridized carbons (Fsp3) is 0.267. The molecule has 0 radical (unpaired) electrons. The largest absolute Gasteiger partial charge is 0.366 e. The Balaban J connectivity index is 2.59. The summed E-state index contributed by atoms with van der Waals surface area (Å²) in [5, 5.41) is 0.868. The minimum absolute atomic E-state index is 0.225. The lowest BCUT2D eigenvalue weighted by Gasteiger charge is -2.19. The third-order valence-corrected chi connectivity index (χ3v) is 6.00. The van der Waals surface area contributed by atoms with Gasteiger partial charge in [-0.3, -0.25) is 4.79 Å². The molecule has 1 heterocycles. The van der Waals surface area contributed by atoms with E-state index in [1.807, 2.05) is 12.3 Å². The van der Waals surface area contributed by atoms with Crippen LogP contribution in [0, 0.1) is 0 Å². The highest BCUT2D eigenvalue weighted by molar-refractivity contribution is 7.90. The molecule has 0 aliphatic rings. The SMILES string of the molecule is CCCNS(=O)(=O)C(c1cccs1)c1ccccc1C(N)=O. The Labute approximate surface area is 134 Å². The molecule has 1 aromatic carbocycles. The fourth-order valence-electron chi connectivity index (χ4n) is 2.19. The number of nitrogens with one attached hydrogen (secondary N) is 1. The predicted octanol–water partition coefficient (Wildman–Crippen LogP) is 2.27. The van der Waals surface area contributed by atoms with Crippen molar-refractivity contribution in [1.82, 2.24) is 4.72 Å². The Morgan fingerprint density at radius 2 is 2.00 bits per heavy atom. The molecule has 0 spiro atoms. The van der Waals surface area contributed by atoms with Gasteiger partial charge < -0.3 is 5.73 Å². The number of carbonyl (C=O) groups excluding carboxylic acids is 1. The molecule has 0 aliphatic heterocycles. The van der Waals surface area contributed by atoms with Crippen LogP contribution in [0.15, 0.2) is 41.8 Å². The molecule has 5 nitrogen and oxygen atoms in total. The summed E-state index contributed by atoms with van der Waals surface area (Å²) < 4.78 is 28.0. The number of thiophene rings is 1. The molecule has 2 aromatic rings. The number of amides is 1. The van der Waals surface area contributed by atoms with Crippen molar-refractivity contribution in [3.05, 3.63) is 57.8 Å². The van der Waals surface area contributed by atoms with E-state index in [-0.39, 0.29) is 5.56 Å². The Bertz CT molecular complexity index is 740. The summed E-state index contributed by atoms with van der Waals surface area (Å²) in [6.45, 7) is 2.24. The highest BCUT2D eigenvalue weighted by atomic mass is 32.2. The molecular weight excluding hydrogens is 320 g/mol. The number of carbonyl (C=O) groups is 1. The van der Waals surface area contributed by atoms with Crippen molar-refractivity contribution in [2.45, 2.75) is 18.6 Å². The van der Waals surface area contributed by atoms with Crippen LogP contribution in [0.25, 0.3) is 0 Å². The average molecular weight is 338 g/mol. The molecule has 0 bridgehead atoms. The zero-order valence-corrected chi connectivity index (χ0v) is 13.8. The number of benzene rings is 1. The molecule has 7 heteroatoms. The van der Waals surface area contributed by atoms with Crippen molar-refractivity contribution in [2.24, 2.45) is 5.73 Å². The summed E-state index contributed by atoms with van der Waals surface area (Å²) in [4.78, 5) is 12.3. The molecular formula is C15H18N2O3S2. The van der Waals surface area contributed by atoms with Gasteiger partial charge in [-0.2, -0.15) is 0 Å². The fourth-order valence-corrected chi connectivity index (χ4v) is 5.04. The lowest BCUT2D eigenvalue weighted by Crippen LogP contribution is -2.31. The molecule has 2 rings (SSSR count). The molecule has 1 unspecified atom stereocenters. The molecule has 1 aromatic heterocycles. The van der Waals surface area contributed by atoms with E-state index in [4.69, 9.17) is 5.73 Å². The Hall–Kier alpha value is -1.70. The zero-order chi connectivity index (χ0) is 16.2. The van der Waals surface area contributed by atoms with Gasteiger partial charge in [0.15, 0.2) is 0 Å². The van der Waals surface area contributed by atoms with Gasteiger partial charge in [-0.05, 0) is 29.5 Å². The van der Waals surface area contributed by atoms with Crippen LogP contribution in [0.1, 0.15) is 39.4 Å². The summed E-state index contributed by atoms with van der Waals surface area (Å²) in [6.07, 6.45) is 0.688. The van der Waals surface area contributed by atoms with E-state index in [1.54, 1.807) is 36.4 Å². The summed E-state index contributed by atoms with van der Waals surface area (Å²) in [5.41, 5.74) is 6.03. The smallest absolute Gasteiger partial charge is 0.249 e. The van der Waals surface area contributed by atoms with Crippen molar-refractivity contribution in [3.63, 3.8) is 0 Å². The number of hydrogen-bond donors (Lipinski definition) is 2. The highest BCUT2D eigenvalue weighted by Crippen LogP contribution is 2.34. The average Bonchev–Trinajstić information content (AvgIpc) is 2.99. The second-order valence-electron chi connectivity index (χ2n) is 4.79. The van der Waals surface area contributed by atoms with Gasteiger partial charge in [0.2, 0.25) is 15.9 Å². The molecule has 118 valence electrons. The maximum Gasteiger partial charge on any atom is 0.249 e. The maximum absolute atomic E-state index is 12.7. The van der Waals surface area contributed by atoms with Crippen molar-refractivity contribution < 1.29 is 13.2 Å². The van der Waals surface area contributed by atoms with Crippen LogP contribution in [0.3, 0.4) is 0 Å². The Morgan fingerprint density at radius 3 is 2.59 bits per heavy atom. The number of rotatable bonds is 7. The highest BCUT2D eigenvalue weighted by Gasteiger charge is 2.32. The lowest BCUT2D eigenvalue weighted by molar-refractivity contribution is 0.0999. The third kappa shape index (κ3) is 3.55. The quantitative estimate of drug-likeness (QED) is 0.811. The van der Waals surface area contributed by atoms with Crippen LogP contribution in [0.2, 0.25) is 0 Å². The number of sulfonamides is 1. The van der Waals surface area contributed by atoms with Crippen molar-refractivity contribution in [2.75, 3.05) is 6.54 Å². The molecule has 22 heavy (non-hydrogen) atoms. The summed E-state index contributed by atoms with van der Waals surface area (Å²) >= 11 is 1.34. The van der Waals surface area contributed by atoms with Gasteiger partial charge in [-0.15, -0.1) is 11.3 Å². The Kier molecular flexibility index (Phi) is 5.33. The maximum atomic E-state index is 12.7. The van der Waals surface area contributed by atoms with Crippen LogP contribution in [-0.2, 0) is 10.0 Å². The minimum Gasteiger partial charge on any atom is -0.366 e. The molecule has 0 saturated heterocycles. The van der Waals surface area contributed by atoms with E-state index >= 15 is 0 Å². The minimum atomic E-state index is -3.66. The Morgan fingerprint density at radius 1 is 1.27 bits per heavy atom. The van der Waals surface area contributed by atoms with E-state index in [0.29, 0.717) is 23.4 Å². The topological polar surface area (TPSA) is 89.3 Å². The first-order valence-electron chi connectivity index (χ1n) is 6.88. The molecule has 1 amide bonds. The van der Waals surface area contributed by atoms with E-state index < -0.39 is 21.2 Å². The van der Waals surface area contributed by atoms with E-state index in [1.165, 1.54) is 11.3 Å². The van der Waals surface area contributed by atoms with Crippen LogP contribution in [0.5, 0.6) is 0 Å². The number of primary amides is 1. The summed E-state index contributed by atoms with van der Waals surface area (Å²) in [7, 11) is -3.66. The first-order valence-corrected chi connectivity index (χ1v) is 9.30. The van der Waals surface area contributed by atoms with Crippen LogP contribution < -0.4 is 10.5 Å². The second kappa shape index (κ2) is 7.04. The normalized spacial score (nSPS) is 13.0. The van der Waals surface area contributed by atoms with Gasteiger partial charge in [0.1, 0.15) is 5.25 Å². The number of nitrogens with two attached hydrogens (primary N) is 1. The first-order chi connectivity index (χ1) is 10.5. The van der Waals surface area contributed by atoms with Crippen LogP contribution >= 0.6 is 11.3 Å². The van der Waals surface area contributed by atoms with Gasteiger partial charge in [-0.1, -0.05) is 31.2 Å². The standard InChI is InChI=1S/C15H18N2O3S2/c1-2-9-17-22(19,20)14(13-8-5-10-21-13)11-6-3-4-7-12(11)15(16)18/h3-8,10,14,17H,2,9H2,1H3,(H2,16,18). The molecule has 0 aliphatic carbocycles. The van der Waals surface area contributed by atoms with Gasteiger partial charge >= 0.3 is 0 Å². The summed E-state index contributed by atoms with van der Waals surface area (Å²) in [5.74, 6) is -0.636. The first kappa shape index (κ1) is 16.7. The molecule has 0 saturated carbocycles. The van der Waals surface area contributed by atoms with E-state index in [2.05, 4.69) is 4.72 Å². The van der Waals surface area contributed by atoms with Gasteiger partial charge in [0, 0.05) is 17.0 Å². The zero-order valence-electron chi connectivity index (χ0n) is 12.2. The molecule has 3 N–H and O–H groups in total. The van der Waals surface area contributed by atoms with Gasteiger partial charge in [0.25, 0.3) is 0 Å². The third-order valence-electron chi connectivity index (χ3n) is 3.17. The van der Waals surface area contributed by atoms with Crippen molar-refractivity contribution in [1.29, 1.82) is 0 Å². The molecule has 1 atom stereocenters. The summed E-state index contributed by atoms with van der Waals surface area (Å²) in [6, 6.07) is 10.1. The van der Waals surface area contributed by atoms with Crippen molar-refractivity contribution >= 4 is 27.3 Å². The van der Waals surface area contributed by atoms with Gasteiger partial charge in [0.05, 0.1) is 0 Å². The van der Waals surface area contributed by atoms with E-state index in [9.17, 15) is 13.2 Å². The van der Waals surface area contributed by atoms with E-state index in [0.717, 1.165) is 0 Å². The van der Waals surface area contributed by atoms with Crippen molar-refractivity contribution in [3.8, 4) is 0 Å². The molecule has 0 fully saturated rings. The monoisotopic (exact) mass is 338 g/mol. The van der Waals surface area contributed by atoms with Gasteiger partial charge in [-0.25, -0.2) is 13.1 Å².